The summed E-state index contributed by atoms with van der Waals surface area (Å²) in [5, 5.41) is 0.615. The lowest BCUT2D eigenvalue weighted by molar-refractivity contribution is 0.403. The smallest absolute Gasteiger partial charge is 0.0670 e. The van der Waals surface area contributed by atoms with Crippen molar-refractivity contribution in [2.45, 2.75) is 44.9 Å². The third-order valence-electron chi connectivity index (χ3n) is 3.67. The van der Waals surface area contributed by atoms with E-state index < -0.39 is 0 Å². The minimum absolute atomic E-state index is 0.0975. The molecule has 1 aliphatic rings. The van der Waals surface area contributed by atoms with Crippen molar-refractivity contribution in [2.24, 2.45) is 0 Å². The Labute approximate surface area is 103 Å². The van der Waals surface area contributed by atoms with Crippen LogP contribution >= 0.6 is 11.6 Å². The van der Waals surface area contributed by atoms with Crippen molar-refractivity contribution in [3.05, 3.63) is 34.7 Å². The largest absolute Gasteiger partial charge is 0.397 e. The van der Waals surface area contributed by atoms with E-state index in [9.17, 15) is 0 Å². The number of halogens is 1. The number of benzene rings is 1. The summed E-state index contributed by atoms with van der Waals surface area (Å²) < 4.78 is 0. The molecule has 1 nitrogen and oxygen atoms in total. The molecule has 87 valence electrons. The van der Waals surface area contributed by atoms with Crippen molar-refractivity contribution in [2.75, 3.05) is 5.73 Å². The highest BCUT2D eigenvalue weighted by atomic mass is 35.5. The van der Waals surface area contributed by atoms with Gasteiger partial charge in [-0.3, -0.25) is 0 Å². The number of hydrogen-bond donors (Lipinski definition) is 1. The highest BCUT2D eigenvalue weighted by Crippen LogP contribution is 2.53. The van der Waals surface area contributed by atoms with Gasteiger partial charge in [-0.05, 0) is 40.9 Å². The summed E-state index contributed by atoms with van der Waals surface area (Å²) in [6.07, 6.45) is 1.10. The summed E-state index contributed by atoms with van der Waals surface area (Å²) in [7, 11) is 0. The van der Waals surface area contributed by atoms with Crippen LogP contribution in [0, 0.1) is 6.92 Å². The maximum absolute atomic E-state index is 6.19. The first-order chi connectivity index (χ1) is 7.17. The maximum Gasteiger partial charge on any atom is 0.0670 e. The molecule has 0 atom stereocenters. The molecule has 0 bridgehead atoms. The zero-order valence-electron chi connectivity index (χ0n) is 10.4. The molecule has 1 aromatic rings. The Hall–Kier alpha value is -0.690. The SMILES string of the molecule is [CH2]c1cc2c(c(N)c1Cl)C(C)(C)CC2(C)C. The van der Waals surface area contributed by atoms with Crippen molar-refractivity contribution in [1.82, 2.24) is 0 Å². The van der Waals surface area contributed by atoms with E-state index in [1.54, 1.807) is 0 Å². The second-order valence-corrected chi connectivity index (χ2v) is 6.51. The molecular weight excluding hydrogens is 218 g/mol. The summed E-state index contributed by atoms with van der Waals surface area (Å²) in [5.74, 6) is 0. The number of nitrogens with two attached hydrogens (primary N) is 1. The van der Waals surface area contributed by atoms with E-state index in [1.807, 2.05) is 0 Å². The predicted octanol–water partition coefficient (Wildman–Crippen LogP) is 4.06. The molecule has 1 radical (unpaired) electrons. The molecule has 16 heavy (non-hydrogen) atoms. The molecule has 0 amide bonds. The monoisotopic (exact) mass is 236 g/mol. The van der Waals surface area contributed by atoms with E-state index in [0.717, 1.165) is 17.7 Å². The highest BCUT2D eigenvalue weighted by Gasteiger charge is 2.43. The third-order valence-corrected chi connectivity index (χ3v) is 4.11. The van der Waals surface area contributed by atoms with Crippen LogP contribution in [0.2, 0.25) is 5.02 Å². The summed E-state index contributed by atoms with van der Waals surface area (Å²) in [6, 6.07) is 2.10. The van der Waals surface area contributed by atoms with Gasteiger partial charge in [0.05, 0.1) is 10.7 Å². The quantitative estimate of drug-likeness (QED) is 0.676. The number of fused-ring (bicyclic) bond motifs is 1. The van der Waals surface area contributed by atoms with Crippen LogP contribution in [0.4, 0.5) is 5.69 Å². The molecule has 1 aliphatic carbocycles. The molecule has 0 unspecified atom stereocenters. The average Bonchev–Trinajstić information content (AvgIpc) is 2.28. The number of rotatable bonds is 0. The molecule has 0 saturated carbocycles. The molecule has 0 fully saturated rings. The summed E-state index contributed by atoms with van der Waals surface area (Å²) in [4.78, 5) is 0. The van der Waals surface area contributed by atoms with Crippen LogP contribution in [0.3, 0.4) is 0 Å². The topological polar surface area (TPSA) is 26.0 Å². The van der Waals surface area contributed by atoms with Crippen molar-refractivity contribution in [3.8, 4) is 0 Å². The average molecular weight is 237 g/mol. The molecule has 2 heteroatoms. The van der Waals surface area contributed by atoms with E-state index in [4.69, 9.17) is 17.3 Å². The first-order valence-corrected chi connectivity index (χ1v) is 5.99. The molecule has 2 rings (SSSR count). The molecule has 0 aromatic heterocycles. The summed E-state index contributed by atoms with van der Waals surface area (Å²) in [5.41, 5.74) is 10.5. The lowest BCUT2D eigenvalue weighted by atomic mass is 9.81. The first-order valence-electron chi connectivity index (χ1n) is 5.62. The summed E-state index contributed by atoms with van der Waals surface area (Å²) in [6.45, 7) is 12.9. The Morgan fingerprint density at radius 1 is 1.25 bits per heavy atom. The van der Waals surface area contributed by atoms with Gasteiger partial charge in [0.1, 0.15) is 0 Å². The fraction of sp³-hybridized carbons (Fsp3) is 0.500. The fourth-order valence-electron chi connectivity index (χ4n) is 3.29. The molecule has 0 saturated heterocycles. The van der Waals surface area contributed by atoms with E-state index in [0.29, 0.717) is 5.02 Å². The second-order valence-electron chi connectivity index (χ2n) is 6.13. The zero-order valence-corrected chi connectivity index (χ0v) is 11.2. The third kappa shape index (κ3) is 1.45. The van der Waals surface area contributed by atoms with Gasteiger partial charge in [-0.15, -0.1) is 0 Å². The van der Waals surface area contributed by atoms with Gasteiger partial charge in [0.15, 0.2) is 0 Å². The molecule has 0 aliphatic heterocycles. The van der Waals surface area contributed by atoms with Crippen LogP contribution in [0.25, 0.3) is 0 Å². The minimum Gasteiger partial charge on any atom is -0.397 e. The van der Waals surface area contributed by atoms with Crippen LogP contribution in [0.1, 0.15) is 50.8 Å². The molecule has 2 N–H and O–H groups in total. The predicted molar refractivity (Wildman–Crippen MR) is 71.0 cm³/mol. The first kappa shape index (κ1) is 11.8. The number of nitrogen functional groups attached to an aromatic ring is 1. The van der Waals surface area contributed by atoms with Gasteiger partial charge >= 0.3 is 0 Å². The van der Waals surface area contributed by atoms with Crippen LogP contribution in [0.5, 0.6) is 0 Å². The van der Waals surface area contributed by atoms with E-state index in [2.05, 4.69) is 40.7 Å². The van der Waals surface area contributed by atoms with Crippen LogP contribution in [-0.2, 0) is 10.8 Å². The maximum atomic E-state index is 6.19. The van der Waals surface area contributed by atoms with Crippen LogP contribution in [0.15, 0.2) is 6.07 Å². The minimum atomic E-state index is 0.0975. The van der Waals surface area contributed by atoms with E-state index >= 15 is 0 Å². The lowest BCUT2D eigenvalue weighted by Gasteiger charge is -2.23. The standard InChI is InChI=1S/C14H19ClN/c1-8-6-9-10(12(16)11(8)15)14(4,5)7-13(9,2)3/h6H,1,7,16H2,2-5H3. The van der Waals surface area contributed by atoms with Gasteiger partial charge in [0.25, 0.3) is 0 Å². The second kappa shape index (κ2) is 3.16. The van der Waals surface area contributed by atoms with Crippen molar-refractivity contribution < 1.29 is 0 Å². The summed E-state index contributed by atoms with van der Waals surface area (Å²) >= 11 is 6.19. The van der Waals surface area contributed by atoms with Crippen molar-refractivity contribution >= 4 is 17.3 Å². The Bertz CT molecular complexity index is 458. The Kier molecular flexibility index (Phi) is 2.33. The molecule has 0 spiro atoms. The fourth-order valence-corrected chi connectivity index (χ4v) is 3.44. The Morgan fingerprint density at radius 3 is 2.38 bits per heavy atom. The van der Waals surface area contributed by atoms with Gasteiger partial charge in [-0.2, -0.15) is 0 Å². The molecule has 1 aromatic carbocycles. The van der Waals surface area contributed by atoms with E-state index in [-0.39, 0.29) is 10.8 Å². The van der Waals surface area contributed by atoms with Gasteiger partial charge in [-0.25, -0.2) is 0 Å². The van der Waals surface area contributed by atoms with E-state index in [1.165, 1.54) is 11.1 Å². The number of anilines is 1. The molecule has 0 heterocycles. The Morgan fingerprint density at radius 2 is 1.81 bits per heavy atom. The Balaban J connectivity index is 2.82. The zero-order chi connectivity index (χ0) is 12.3. The van der Waals surface area contributed by atoms with Crippen LogP contribution < -0.4 is 5.73 Å². The van der Waals surface area contributed by atoms with Crippen molar-refractivity contribution in [1.29, 1.82) is 0 Å². The van der Waals surface area contributed by atoms with Gasteiger partial charge < -0.3 is 5.73 Å². The van der Waals surface area contributed by atoms with Crippen molar-refractivity contribution in [3.63, 3.8) is 0 Å². The van der Waals surface area contributed by atoms with Gasteiger partial charge in [-0.1, -0.05) is 45.4 Å². The molecular formula is C14H19ClN. The lowest BCUT2D eigenvalue weighted by Crippen LogP contribution is -2.18. The van der Waals surface area contributed by atoms with Gasteiger partial charge in [0.2, 0.25) is 0 Å². The van der Waals surface area contributed by atoms with Crippen LogP contribution in [-0.4, -0.2) is 0 Å². The van der Waals surface area contributed by atoms with Gasteiger partial charge in [0, 0.05) is 0 Å². The number of hydrogen-bond acceptors (Lipinski definition) is 1. The highest BCUT2D eigenvalue weighted by molar-refractivity contribution is 6.34. The normalized spacial score (nSPS) is 20.9.